The summed E-state index contributed by atoms with van der Waals surface area (Å²) in [6.45, 7) is 1.56. The minimum atomic E-state index is -1.67. The van der Waals surface area contributed by atoms with Crippen molar-refractivity contribution in [2.24, 2.45) is 5.73 Å². The summed E-state index contributed by atoms with van der Waals surface area (Å²) in [6.07, 6.45) is -2.33. The van der Waals surface area contributed by atoms with E-state index < -0.39 is 73.0 Å². The van der Waals surface area contributed by atoms with E-state index in [9.17, 15) is 29.1 Å². The van der Waals surface area contributed by atoms with E-state index in [2.05, 4.69) is 5.32 Å². The third-order valence-electron chi connectivity index (χ3n) is 3.34. The number of nitrogens with one attached hydrogen (secondary N) is 3. The highest BCUT2D eigenvalue weighted by molar-refractivity contribution is 5.95. The van der Waals surface area contributed by atoms with Crippen molar-refractivity contribution < 1.29 is 44.4 Å². The van der Waals surface area contributed by atoms with E-state index in [-0.39, 0.29) is 0 Å². The molecule has 0 aromatic heterocycles. The molecule has 13 nitrogen and oxygen atoms in total. The zero-order valence-electron chi connectivity index (χ0n) is 14.7. The first-order valence-electron chi connectivity index (χ1n) is 7.80. The van der Waals surface area contributed by atoms with Crippen molar-refractivity contribution in [2.75, 3.05) is 6.61 Å². The largest absolute Gasteiger partial charge is 0.481 e. The molecule has 0 saturated carbocycles. The number of hydrogen-bond donors (Lipinski definition) is 8. The van der Waals surface area contributed by atoms with Gasteiger partial charge in [-0.05, 0) is 13.8 Å². The van der Waals surface area contributed by atoms with Crippen LogP contribution in [0.5, 0.6) is 0 Å². The SMILES string of the molecule is CC(NC(=O)C(CC(=O)O)NC(=O)C(NC(=O)C(N)CO)C(C)O)C(=O)O. The van der Waals surface area contributed by atoms with Gasteiger partial charge in [-0.25, -0.2) is 0 Å². The van der Waals surface area contributed by atoms with Crippen molar-refractivity contribution >= 4 is 29.7 Å². The van der Waals surface area contributed by atoms with E-state index in [4.69, 9.17) is 21.1 Å². The van der Waals surface area contributed by atoms with Gasteiger partial charge in [0, 0.05) is 0 Å². The molecule has 0 radical (unpaired) electrons. The number of amides is 3. The molecule has 0 aliphatic rings. The number of carbonyl (C=O) groups is 5. The van der Waals surface area contributed by atoms with Crippen molar-refractivity contribution in [1.82, 2.24) is 16.0 Å². The zero-order chi connectivity index (χ0) is 21.3. The van der Waals surface area contributed by atoms with Crippen molar-refractivity contribution in [3.05, 3.63) is 0 Å². The molecule has 0 rings (SSSR count). The molecule has 0 fully saturated rings. The van der Waals surface area contributed by atoms with Crippen LogP contribution in [0, 0.1) is 0 Å². The lowest BCUT2D eigenvalue weighted by atomic mass is 10.1. The second-order valence-electron chi connectivity index (χ2n) is 5.74. The van der Waals surface area contributed by atoms with E-state index in [1.807, 2.05) is 10.6 Å². The third-order valence-corrected chi connectivity index (χ3v) is 3.34. The molecule has 5 unspecified atom stereocenters. The van der Waals surface area contributed by atoms with Gasteiger partial charge in [-0.1, -0.05) is 0 Å². The minimum Gasteiger partial charge on any atom is -0.481 e. The van der Waals surface area contributed by atoms with Gasteiger partial charge in [-0.2, -0.15) is 0 Å². The second kappa shape index (κ2) is 11.1. The van der Waals surface area contributed by atoms with Crippen LogP contribution in [0.1, 0.15) is 20.3 Å². The van der Waals surface area contributed by atoms with E-state index in [1.165, 1.54) is 0 Å². The Morgan fingerprint density at radius 1 is 0.926 bits per heavy atom. The lowest BCUT2D eigenvalue weighted by molar-refractivity contribution is -0.143. The van der Waals surface area contributed by atoms with Crippen molar-refractivity contribution in [1.29, 1.82) is 0 Å². The van der Waals surface area contributed by atoms with Gasteiger partial charge in [0.25, 0.3) is 0 Å². The number of aliphatic carboxylic acids is 2. The quantitative estimate of drug-likeness (QED) is 0.169. The Hall–Kier alpha value is -2.77. The summed E-state index contributed by atoms with van der Waals surface area (Å²) < 4.78 is 0. The van der Waals surface area contributed by atoms with Crippen LogP contribution in [0.25, 0.3) is 0 Å². The molecular formula is C14H24N4O9. The molecule has 13 heteroatoms. The van der Waals surface area contributed by atoms with Gasteiger partial charge in [-0.15, -0.1) is 0 Å². The maximum atomic E-state index is 12.3. The number of rotatable bonds is 11. The molecule has 0 heterocycles. The van der Waals surface area contributed by atoms with Gasteiger partial charge in [0.1, 0.15) is 24.2 Å². The molecule has 9 N–H and O–H groups in total. The summed E-state index contributed by atoms with van der Waals surface area (Å²) >= 11 is 0. The molecule has 27 heavy (non-hydrogen) atoms. The highest BCUT2D eigenvalue weighted by atomic mass is 16.4. The van der Waals surface area contributed by atoms with Crippen molar-refractivity contribution in [2.45, 2.75) is 50.5 Å². The van der Waals surface area contributed by atoms with Crippen LogP contribution < -0.4 is 21.7 Å². The Balaban J connectivity index is 5.26. The first-order valence-corrected chi connectivity index (χ1v) is 7.80. The summed E-state index contributed by atoms with van der Waals surface area (Å²) in [4.78, 5) is 57.7. The molecule has 0 bridgehead atoms. The van der Waals surface area contributed by atoms with E-state index >= 15 is 0 Å². The minimum absolute atomic E-state index is 0.725. The molecular weight excluding hydrogens is 368 g/mol. The van der Waals surface area contributed by atoms with Crippen LogP contribution in [0.15, 0.2) is 0 Å². The maximum Gasteiger partial charge on any atom is 0.325 e. The van der Waals surface area contributed by atoms with Crippen molar-refractivity contribution in [3.63, 3.8) is 0 Å². The summed E-state index contributed by atoms with van der Waals surface area (Å²) in [5, 5.41) is 42.3. The van der Waals surface area contributed by atoms with Crippen LogP contribution in [-0.4, -0.2) is 87.0 Å². The molecule has 0 aliphatic carbocycles. The molecule has 0 aliphatic heterocycles. The Kier molecular flexibility index (Phi) is 9.92. The molecule has 0 aromatic carbocycles. The number of carboxylic acid groups (broad SMARTS) is 2. The molecule has 154 valence electrons. The number of aliphatic hydroxyl groups excluding tert-OH is 2. The first kappa shape index (κ1) is 24.2. The zero-order valence-corrected chi connectivity index (χ0v) is 14.7. The van der Waals surface area contributed by atoms with E-state index in [0.29, 0.717) is 0 Å². The number of carboxylic acids is 2. The van der Waals surface area contributed by atoms with Gasteiger partial charge in [-0.3, -0.25) is 24.0 Å². The second-order valence-corrected chi connectivity index (χ2v) is 5.74. The first-order chi connectivity index (χ1) is 12.4. The average Bonchev–Trinajstić information content (AvgIpc) is 2.56. The van der Waals surface area contributed by atoms with Gasteiger partial charge in [0.2, 0.25) is 17.7 Å². The predicted molar refractivity (Wildman–Crippen MR) is 88.1 cm³/mol. The normalized spacial score (nSPS) is 16.2. The van der Waals surface area contributed by atoms with Crippen LogP contribution in [-0.2, 0) is 24.0 Å². The lowest BCUT2D eigenvalue weighted by Crippen LogP contribution is -2.60. The molecule has 3 amide bonds. The Morgan fingerprint density at radius 3 is 1.89 bits per heavy atom. The van der Waals surface area contributed by atoms with Crippen molar-refractivity contribution in [3.8, 4) is 0 Å². The Bertz CT molecular complexity index is 581. The number of hydrogen-bond acceptors (Lipinski definition) is 8. The van der Waals surface area contributed by atoms with Gasteiger partial charge >= 0.3 is 11.9 Å². The van der Waals surface area contributed by atoms with Crippen LogP contribution in [0.3, 0.4) is 0 Å². The van der Waals surface area contributed by atoms with E-state index in [1.54, 1.807) is 0 Å². The third kappa shape index (κ3) is 8.44. The average molecular weight is 392 g/mol. The molecule has 5 atom stereocenters. The fourth-order valence-electron chi connectivity index (χ4n) is 1.77. The standard InChI is InChI=1S/C14H24N4O9/c1-5(14(26)27)16-12(24)8(3-9(21)22)17-13(25)10(6(2)20)18-11(23)7(15)4-19/h5-8,10,19-20H,3-4,15H2,1-2H3,(H,16,24)(H,17,25)(H,18,23)(H,21,22)(H,26,27). The summed E-state index contributed by atoms with van der Waals surface area (Å²) in [5.41, 5.74) is 5.29. The van der Waals surface area contributed by atoms with E-state index in [0.717, 1.165) is 13.8 Å². The number of aliphatic hydroxyl groups is 2. The fraction of sp³-hybridized carbons (Fsp3) is 0.643. The summed E-state index contributed by atoms with van der Waals surface area (Å²) in [7, 11) is 0. The monoisotopic (exact) mass is 392 g/mol. The predicted octanol–water partition coefficient (Wildman–Crippen LogP) is -4.28. The smallest absolute Gasteiger partial charge is 0.325 e. The van der Waals surface area contributed by atoms with Crippen LogP contribution in [0.2, 0.25) is 0 Å². The molecule has 0 spiro atoms. The fourth-order valence-corrected chi connectivity index (χ4v) is 1.77. The Morgan fingerprint density at radius 2 is 1.48 bits per heavy atom. The van der Waals surface area contributed by atoms with Gasteiger partial charge < -0.3 is 42.1 Å². The number of nitrogens with two attached hydrogens (primary N) is 1. The Labute approximate surface area is 153 Å². The number of carbonyl (C=O) groups excluding carboxylic acids is 3. The summed E-state index contributed by atoms with van der Waals surface area (Å²) in [5.74, 6) is -5.98. The highest BCUT2D eigenvalue weighted by Crippen LogP contribution is 2.00. The summed E-state index contributed by atoms with van der Waals surface area (Å²) in [6, 6.07) is -5.98. The maximum absolute atomic E-state index is 12.3. The lowest BCUT2D eigenvalue weighted by Gasteiger charge is -2.25. The topological polar surface area (TPSA) is 228 Å². The van der Waals surface area contributed by atoms with Gasteiger partial charge in [0.15, 0.2) is 0 Å². The molecule has 0 aromatic rings. The van der Waals surface area contributed by atoms with Crippen LogP contribution >= 0.6 is 0 Å². The van der Waals surface area contributed by atoms with Gasteiger partial charge in [0.05, 0.1) is 19.1 Å². The highest BCUT2D eigenvalue weighted by Gasteiger charge is 2.32. The van der Waals surface area contributed by atoms with Crippen LogP contribution in [0.4, 0.5) is 0 Å². The molecule has 0 saturated heterocycles.